The van der Waals surface area contributed by atoms with Crippen molar-refractivity contribution in [1.82, 2.24) is 4.37 Å². The standard InChI is InChI=1S/C9H15N3O2S/c1-9(13)3-4-12(5-9)8-6(14-2)7(10)11-15-8/h13H,3-5H2,1-2H3,(H2,10,11). The SMILES string of the molecule is COc1c(N)nsc1N1CCC(C)(O)C1. The zero-order chi connectivity index (χ0) is 11.1. The number of hydrogen-bond donors (Lipinski definition) is 2. The smallest absolute Gasteiger partial charge is 0.197 e. The maximum Gasteiger partial charge on any atom is 0.197 e. The summed E-state index contributed by atoms with van der Waals surface area (Å²) >= 11 is 1.31. The molecule has 1 aromatic heterocycles. The summed E-state index contributed by atoms with van der Waals surface area (Å²) in [5.74, 6) is 1.04. The van der Waals surface area contributed by atoms with Gasteiger partial charge in [0.1, 0.15) is 0 Å². The van der Waals surface area contributed by atoms with Crippen LogP contribution in [0.1, 0.15) is 13.3 Å². The van der Waals surface area contributed by atoms with Crippen LogP contribution in [0.25, 0.3) is 0 Å². The molecular formula is C9H15N3O2S. The lowest BCUT2D eigenvalue weighted by atomic mass is 10.1. The van der Waals surface area contributed by atoms with Gasteiger partial charge in [0.05, 0.1) is 12.7 Å². The molecule has 1 aromatic rings. The van der Waals surface area contributed by atoms with E-state index < -0.39 is 5.60 Å². The van der Waals surface area contributed by atoms with Gasteiger partial charge >= 0.3 is 0 Å². The van der Waals surface area contributed by atoms with E-state index in [4.69, 9.17) is 10.5 Å². The van der Waals surface area contributed by atoms with Crippen molar-refractivity contribution in [3.63, 3.8) is 0 Å². The summed E-state index contributed by atoms with van der Waals surface area (Å²) in [6.07, 6.45) is 0.758. The third-order valence-corrected chi connectivity index (χ3v) is 3.50. The predicted molar refractivity (Wildman–Crippen MR) is 60.5 cm³/mol. The Morgan fingerprint density at radius 2 is 2.40 bits per heavy atom. The minimum Gasteiger partial charge on any atom is -0.490 e. The Labute approximate surface area is 92.6 Å². The van der Waals surface area contributed by atoms with Crippen LogP contribution in [0.3, 0.4) is 0 Å². The molecule has 2 rings (SSSR count). The topological polar surface area (TPSA) is 71.6 Å². The van der Waals surface area contributed by atoms with Crippen LogP contribution in [0.15, 0.2) is 0 Å². The first-order chi connectivity index (χ1) is 7.03. The van der Waals surface area contributed by atoms with Gasteiger partial charge in [0, 0.05) is 13.1 Å². The van der Waals surface area contributed by atoms with Gasteiger partial charge in [-0.1, -0.05) is 0 Å². The normalized spacial score (nSPS) is 25.9. The van der Waals surface area contributed by atoms with Gasteiger partial charge in [-0.25, -0.2) is 0 Å². The average molecular weight is 229 g/mol. The van der Waals surface area contributed by atoms with Crippen LogP contribution in [0.2, 0.25) is 0 Å². The molecule has 0 aromatic carbocycles. The fraction of sp³-hybridized carbons (Fsp3) is 0.667. The predicted octanol–water partition coefficient (Wildman–Crippen LogP) is 0.695. The lowest BCUT2D eigenvalue weighted by molar-refractivity contribution is 0.0839. The van der Waals surface area contributed by atoms with Crippen molar-refractivity contribution in [3.05, 3.63) is 0 Å². The van der Waals surface area contributed by atoms with Crippen molar-refractivity contribution >= 4 is 22.4 Å². The number of nitrogens with zero attached hydrogens (tertiary/aromatic N) is 2. The maximum atomic E-state index is 9.87. The van der Waals surface area contributed by atoms with Crippen molar-refractivity contribution in [2.45, 2.75) is 18.9 Å². The van der Waals surface area contributed by atoms with E-state index in [1.165, 1.54) is 11.5 Å². The monoisotopic (exact) mass is 229 g/mol. The van der Waals surface area contributed by atoms with E-state index >= 15 is 0 Å². The average Bonchev–Trinajstić information content (AvgIpc) is 2.69. The summed E-state index contributed by atoms with van der Waals surface area (Å²) in [4.78, 5) is 2.06. The Hall–Kier alpha value is -1.01. The fourth-order valence-electron chi connectivity index (χ4n) is 1.80. The van der Waals surface area contributed by atoms with E-state index in [0.717, 1.165) is 18.0 Å². The number of β-amino-alcohol motifs (C(OH)–C–C–N with tert-alkyl or cyclic N) is 1. The molecule has 5 nitrogen and oxygen atoms in total. The van der Waals surface area contributed by atoms with Crippen molar-refractivity contribution in [3.8, 4) is 5.75 Å². The third kappa shape index (κ3) is 1.87. The molecule has 1 aliphatic rings. The number of ether oxygens (including phenoxy) is 1. The van der Waals surface area contributed by atoms with Gasteiger partial charge in [0.15, 0.2) is 16.6 Å². The molecule has 0 radical (unpaired) electrons. The highest BCUT2D eigenvalue weighted by molar-refractivity contribution is 7.11. The zero-order valence-corrected chi connectivity index (χ0v) is 9.67. The Bertz CT molecular complexity index is 364. The molecule has 0 bridgehead atoms. The molecule has 6 heteroatoms. The fourth-order valence-corrected chi connectivity index (χ4v) is 2.61. The highest BCUT2D eigenvalue weighted by Gasteiger charge is 2.34. The number of aliphatic hydroxyl groups is 1. The van der Waals surface area contributed by atoms with E-state index in [0.29, 0.717) is 18.1 Å². The molecule has 1 aliphatic heterocycles. The Balaban J connectivity index is 2.24. The second-order valence-corrected chi connectivity index (χ2v) is 4.83. The Morgan fingerprint density at radius 1 is 1.67 bits per heavy atom. The summed E-state index contributed by atoms with van der Waals surface area (Å²) in [5.41, 5.74) is 5.05. The van der Waals surface area contributed by atoms with Gasteiger partial charge < -0.3 is 20.5 Å². The van der Waals surface area contributed by atoms with Crippen LogP contribution >= 0.6 is 11.5 Å². The van der Waals surface area contributed by atoms with Crippen molar-refractivity contribution in [2.75, 3.05) is 30.8 Å². The molecule has 0 spiro atoms. The van der Waals surface area contributed by atoms with Gasteiger partial charge in [0.25, 0.3) is 0 Å². The molecule has 0 saturated carbocycles. The summed E-state index contributed by atoms with van der Waals surface area (Å²) in [6.45, 7) is 3.25. The molecule has 2 heterocycles. The van der Waals surface area contributed by atoms with Gasteiger partial charge in [-0.05, 0) is 24.9 Å². The molecular weight excluding hydrogens is 214 g/mol. The molecule has 0 aliphatic carbocycles. The second-order valence-electron chi connectivity index (χ2n) is 4.07. The maximum absolute atomic E-state index is 9.87. The van der Waals surface area contributed by atoms with Gasteiger partial charge in [-0.3, -0.25) is 0 Å². The van der Waals surface area contributed by atoms with E-state index in [1.807, 2.05) is 6.92 Å². The van der Waals surface area contributed by atoms with E-state index in [1.54, 1.807) is 7.11 Å². The van der Waals surface area contributed by atoms with Crippen LogP contribution < -0.4 is 15.4 Å². The highest BCUT2D eigenvalue weighted by atomic mass is 32.1. The van der Waals surface area contributed by atoms with Crippen molar-refractivity contribution < 1.29 is 9.84 Å². The molecule has 1 atom stereocenters. The zero-order valence-electron chi connectivity index (χ0n) is 8.86. The van der Waals surface area contributed by atoms with Crippen molar-refractivity contribution in [2.24, 2.45) is 0 Å². The quantitative estimate of drug-likeness (QED) is 0.781. The minimum atomic E-state index is -0.621. The first kappa shape index (κ1) is 10.5. The van der Waals surface area contributed by atoms with Crippen LogP contribution in [-0.2, 0) is 0 Å². The lowest BCUT2D eigenvalue weighted by Gasteiger charge is -2.19. The molecule has 84 valence electrons. The Kier molecular flexibility index (Phi) is 2.47. The summed E-state index contributed by atoms with van der Waals surface area (Å²) < 4.78 is 9.25. The molecule has 1 fully saturated rings. The molecule has 1 unspecified atom stereocenters. The first-order valence-electron chi connectivity index (χ1n) is 4.80. The van der Waals surface area contributed by atoms with E-state index in [-0.39, 0.29) is 0 Å². The van der Waals surface area contributed by atoms with Crippen LogP contribution in [0.4, 0.5) is 10.8 Å². The van der Waals surface area contributed by atoms with Gasteiger partial charge in [0.2, 0.25) is 0 Å². The van der Waals surface area contributed by atoms with Gasteiger partial charge in [-0.15, -0.1) is 0 Å². The first-order valence-corrected chi connectivity index (χ1v) is 5.57. The number of nitrogen functional groups attached to an aromatic ring is 1. The molecule has 1 saturated heterocycles. The largest absolute Gasteiger partial charge is 0.490 e. The van der Waals surface area contributed by atoms with Gasteiger partial charge in [-0.2, -0.15) is 4.37 Å². The Morgan fingerprint density at radius 3 is 2.93 bits per heavy atom. The van der Waals surface area contributed by atoms with E-state index in [2.05, 4.69) is 9.27 Å². The number of methoxy groups -OCH3 is 1. The summed E-state index contributed by atoms with van der Waals surface area (Å²) in [7, 11) is 1.58. The molecule has 3 N–H and O–H groups in total. The third-order valence-electron chi connectivity index (χ3n) is 2.60. The number of aromatic nitrogens is 1. The molecule has 0 amide bonds. The van der Waals surface area contributed by atoms with Crippen LogP contribution in [0, 0.1) is 0 Å². The summed E-state index contributed by atoms with van der Waals surface area (Å²) in [5, 5.41) is 10.8. The second kappa shape index (κ2) is 3.53. The lowest BCUT2D eigenvalue weighted by Crippen LogP contribution is -2.29. The van der Waals surface area contributed by atoms with Crippen LogP contribution in [0.5, 0.6) is 5.75 Å². The molecule has 15 heavy (non-hydrogen) atoms. The van der Waals surface area contributed by atoms with Crippen LogP contribution in [-0.4, -0.2) is 35.3 Å². The number of rotatable bonds is 2. The number of nitrogens with two attached hydrogens (primary N) is 1. The highest BCUT2D eigenvalue weighted by Crippen LogP contribution is 2.40. The number of anilines is 2. The number of hydrogen-bond acceptors (Lipinski definition) is 6. The van der Waals surface area contributed by atoms with E-state index in [9.17, 15) is 5.11 Å². The summed E-state index contributed by atoms with van der Waals surface area (Å²) in [6, 6.07) is 0. The van der Waals surface area contributed by atoms with Crippen molar-refractivity contribution in [1.29, 1.82) is 0 Å². The minimum absolute atomic E-state index is 0.420.